The average molecular weight is 258 g/mol. The van der Waals surface area contributed by atoms with Crippen LogP contribution in [-0.4, -0.2) is 38.3 Å². The molecule has 0 saturated heterocycles. The monoisotopic (exact) mass is 258 g/mol. The predicted octanol–water partition coefficient (Wildman–Crippen LogP) is 1.06. The first kappa shape index (κ1) is 17.8. The largest absolute Gasteiger partial charge is 0.330 e. The van der Waals surface area contributed by atoms with Gasteiger partial charge >= 0.3 is 0 Å². The van der Waals surface area contributed by atoms with Crippen molar-refractivity contribution in [2.45, 2.75) is 52.5 Å². The Labute approximate surface area is 113 Å². The van der Waals surface area contributed by atoms with Gasteiger partial charge in [0.05, 0.1) is 0 Å². The lowest BCUT2D eigenvalue weighted by Gasteiger charge is -2.33. The van der Waals surface area contributed by atoms with E-state index in [1.165, 1.54) is 6.42 Å². The lowest BCUT2D eigenvalue weighted by molar-refractivity contribution is 0.255. The van der Waals surface area contributed by atoms with Gasteiger partial charge in [-0.3, -0.25) is 0 Å². The van der Waals surface area contributed by atoms with Crippen LogP contribution in [0.2, 0.25) is 0 Å². The van der Waals surface area contributed by atoms with Gasteiger partial charge in [0.1, 0.15) is 0 Å². The standard InChI is InChI=1S/C14H34N4/c1-13(2,7-11-17-10-5-8-15)12-18-14(3,4)6-9-16/h17-18H,5-12,15-16H2,1-4H3. The number of rotatable bonds is 11. The average Bonchev–Trinajstić information content (AvgIpc) is 2.27. The summed E-state index contributed by atoms with van der Waals surface area (Å²) in [7, 11) is 0. The molecule has 4 nitrogen and oxygen atoms in total. The molecular weight excluding hydrogens is 224 g/mol. The first-order valence-electron chi connectivity index (χ1n) is 7.19. The minimum atomic E-state index is 0.138. The van der Waals surface area contributed by atoms with Gasteiger partial charge in [0.2, 0.25) is 0 Å². The highest BCUT2D eigenvalue weighted by Crippen LogP contribution is 2.20. The first-order valence-corrected chi connectivity index (χ1v) is 7.19. The van der Waals surface area contributed by atoms with Crippen LogP contribution in [0.1, 0.15) is 47.0 Å². The summed E-state index contributed by atoms with van der Waals surface area (Å²) in [5.74, 6) is 0. The molecule has 0 rings (SSSR count). The molecule has 0 aromatic rings. The maximum Gasteiger partial charge on any atom is 0.0137 e. The lowest BCUT2D eigenvalue weighted by atomic mass is 9.87. The van der Waals surface area contributed by atoms with Crippen LogP contribution in [0.15, 0.2) is 0 Å². The summed E-state index contributed by atoms with van der Waals surface area (Å²) >= 11 is 0. The molecule has 0 fully saturated rings. The second kappa shape index (κ2) is 8.86. The van der Waals surface area contributed by atoms with Crippen molar-refractivity contribution >= 4 is 0 Å². The Kier molecular flexibility index (Phi) is 8.78. The molecule has 0 aromatic heterocycles. The molecule has 0 saturated carbocycles. The maximum absolute atomic E-state index is 5.62. The van der Waals surface area contributed by atoms with E-state index in [9.17, 15) is 0 Å². The zero-order valence-electron chi connectivity index (χ0n) is 12.8. The van der Waals surface area contributed by atoms with Crippen molar-refractivity contribution in [2.24, 2.45) is 16.9 Å². The van der Waals surface area contributed by atoms with E-state index < -0.39 is 0 Å². The van der Waals surface area contributed by atoms with Gasteiger partial charge in [-0.15, -0.1) is 0 Å². The zero-order chi connectivity index (χ0) is 14.1. The molecular formula is C14H34N4. The highest BCUT2D eigenvalue weighted by atomic mass is 15.0. The summed E-state index contributed by atoms with van der Waals surface area (Å²) in [6.07, 6.45) is 3.24. The fourth-order valence-corrected chi connectivity index (χ4v) is 1.80. The third-order valence-corrected chi connectivity index (χ3v) is 3.35. The van der Waals surface area contributed by atoms with Gasteiger partial charge in [-0.05, 0) is 64.7 Å². The van der Waals surface area contributed by atoms with Gasteiger partial charge < -0.3 is 22.1 Å². The summed E-state index contributed by atoms with van der Waals surface area (Å²) in [6.45, 7) is 13.7. The van der Waals surface area contributed by atoms with Gasteiger partial charge in [0, 0.05) is 12.1 Å². The Hall–Kier alpha value is -0.160. The number of nitrogens with two attached hydrogens (primary N) is 2. The molecule has 0 atom stereocenters. The molecule has 110 valence electrons. The topological polar surface area (TPSA) is 76.1 Å². The van der Waals surface area contributed by atoms with Crippen LogP contribution in [0, 0.1) is 5.41 Å². The van der Waals surface area contributed by atoms with E-state index in [4.69, 9.17) is 11.5 Å². The lowest BCUT2D eigenvalue weighted by Crippen LogP contribution is -2.46. The van der Waals surface area contributed by atoms with E-state index >= 15 is 0 Å². The minimum absolute atomic E-state index is 0.138. The molecule has 0 spiro atoms. The summed E-state index contributed by atoms with van der Waals surface area (Å²) in [6, 6.07) is 0. The van der Waals surface area contributed by atoms with Crippen LogP contribution in [-0.2, 0) is 0 Å². The molecule has 0 aliphatic carbocycles. The molecule has 0 aliphatic heterocycles. The van der Waals surface area contributed by atoms with Crippen LogP contribution >= 0.6 is 0 Å². The molecule has 0 aromatic carbocycles. The third kappa shape index (κ3) is 9.83. The quantitative estimate of drug-likeness (QED) is 0.418. The van der Waals surface area contributed by atoms with E-state index in [-0.39, 0.29) is 5.54 Å². The van der Waals surface area contributed by atoms with Crippen LogP contribution < -0.4 is 22.1 Å². The van der Waals surface area contributed by atoms with E-state index in [0.717, 1.165) is 45.6 Å². The Balaban J connectivity index is 3.78. The molecule has 18 heavy (non-hydrogen) atoms. The smallest absolute Gasteiger partial charge is 0.0137 e. The van der Waals surface area contributed by atoms with Crippen molar-refractivity contribution in [3.8, 4) is 0 Å². The van der Waals surface area contributed by atoms with E-state index in [1.807, 2.05) is 0 Å². The highest BCUT2D eigenvalue weighted by Gasteiger charge is 2.22. The van der Waals surface area contributed by atoms with E-state index in [0.29, 0.717) is 5.41 Å². The minimum Gasteiger partial charge on any atom is -0.330 e. The fraction of sp³-hybridized carbons (Fsp3) is 1.00. The second-order valence-electron chi connectivity index (χ2n) is 6.58. The molecule has 0 amide bonds. The number of nitrogens with one attached hydrogen (secondary N) is 2. The predicted molar refractivity (Wildman–Crippen MR) is 80.7 cm³/mol. The van der Waals surface area contributed by atoms with E-state index in [1.54, 1.807) is 0 Å². The van der Waals surface area contributed by atoms with Gasteiger partial charge in [-0.25, -0.2) is 0 Å². The first-order chi connectivity index (χ1) is 8.33. The van der Waals surface area contributed by atoms with Crippen molar-refractivity contribution < 1.29 is 0 Å². The van der Waals surface area contributed by atoms with Crippen molar-refractivity contribution in [3.63, 3.8) is 0 Å². The molecule has 0 bridgehead atoms. The van der Waals surface area contributed by atoms with Crippen molar-refractivity contribution in [1.29, 1.82) is 0 Å². The number of hydrogen-bond acceptors (Lipinski definition) is 4. The Morgan fingerprint density at radius 3 is 2.11 bits per heavy atom. The summed E-state index contributed by atoms with van der Waals surface area (Å²) < 4.78 is 0. The summed E-state index contributed by atoms with van der Waals surface area (Å²) in [5, 5.41) is 7.06. The maximum atomic E-state index is 5.62. The van der Waals surface area contributed by atoms with Crippen LogP contribution in [0.5, 0.6) is 0 Å². The van der Waals surface area contributed by atoms with E-state index in [2.05, 4.69) is 38.3 Å². The van der Waals surface area contributed by atoms with Crippen LogP contribution in [0.25, 0.3) is 0 Å². The molecule has 0 radical (unpaired) electrons. The van der Waals surface area contributed by atoms with Crippen molar-refractivity contribution in [3.05, 3.63) is 0 Å². The molecule has 4 heteroatoms. The Morgan fingerprint density at radius 1 is 0.889 bits per heavy atom. The highest BCUT2D eigenvalue weighted by molar-refractivity contribution is 4.82. The molecule has 0 aliphatic rings. The third-order valence-electron chi connectivity index (χ3n) is 3.35. The molecule has 6 N–H and O–H groups in total. The number of hydrogen-bond donors (Lipinski definition) is 4. The van der Waals surface area contributed by atoms with Gasteiger partial charge in [-0.2, -0.15) is 0 Å². The van der Waals surface area contributed by atoms with Gasteiger partial charge in [0.15, 0.2) is 0 Å². The summed E-state index contributed by atoms with van der Waals surface area (Å²) in [5.41, 5.74) is 11.5. The SMILES string of the molecule is CC(C)(CCNCCCN)CNC(C)(C)CCN. The Bertz CT molecular complexity index is 202. The van der Waals surface area contributed by atoms with Crippen LogP contribution in [0.4, 0.5) is 0 Å². The fourth-order valence-electron chi connectivity index (χ4n) is 1.80. The summed E-state index contributed by atoms with van der Waals surface area (Å²) in [4.78, 5) is 0. The van der Waals surface area contributed by atoms with Crippen molar-refractivity contribution in [1.82, 2.24) is 10.6 Å². The Morgan fingerprint density at radius 2 is 1.56 bits per heavy atom. The molecule has 0 heterocycles. The molecule has 0 unspecified atom stereocenters. The normalized spacial score (nSPS) is 13.0. The van der Waals surface area contributed by atoms with Crippen LogP contribution in [0.3, 0.4) is 0 Å². The van der Waals surface area contributed by atoms with Gasteiger partial charge in [0.25, 0.3) is 0 Å². The van der Waals surface area contributed by atoms with Crippen molar-refractivity contribution in [2.75, 3.05) is 32.7 Å². The van der Waals surface area contributed by atoms with Gasteiger partial charge in [-0.1, -0.05) is 13.8 Å². The zero-order valence-corrected chi connectivity index (χ0v) is 12.8. The second-order valence-corrected chi connectivity index (χ2v) is 6.58.